The Bertz CT molecular complexity index is 678. The van der Waals surface area contributed by atoms with Crippen LogP contribution in [0.5, 0.6) is 5.75 Å². The molecule has 148 valence electrons. The first-order chi connectivity index (χ1) is 12.8. The zero-order chi connectivity index (χ0) is 19.6. The molecule has 0 N–H and O–H groups in total. The summed E-state index contributed by atoms with van der Waals surface area (Å²) in [5, 5.41) is 0. The molecule has 2 fully saturated rings. The average molecular weight is 373 g/mol. The van der Waals surface area contributed by atoms with Crippen molar-refractivity contribution in [1.29, 1.82) is 0 Å². The topological polar surface area (TPSA) is 49.9 Å². The van der Waals surface area contributed by atoms with Crippen molar-refractivity contribution in [2.45, 2.75) is 46.6 Å². The maximum absolute atomic E-state index is 12.8. The van der Waals surface area contributed by atoms with Gasteiger partial charge < -0.3 is 14.5 Å². The Hall–Kier alpha value is -2.04. The van der Waals surface area contributed by atoms with Gasteiger partial charge in [-0.3, -0.25) is 9.59 Å². The van der Waals surface area contributed by atoms with E-state index in [1.54, 1.807) is 7.11 Å². The van der Waals surface area contributed by atoms with Gasteiger partial charge in [0.25, 0.3) is 0 Å². The lowest BCUT2D eigenvalue weighted by atomic mass is 9.81. The number of hydrogen-bond donors (Lipinski definition) is 0. The maximum atomic E-state index is 12.8. The number of carbonyl (C=O) groups is 2. The summed E-state index contributed by atoms with van der Waals surface area (Å²) < 4.78 is 5.20. The molecular weight excluding hydrogens is 340 g/mol. The van der Waals surface area contributed by atoms with Crippen molar-refractivity contribution in [3.8, 4) is 5.75 Å². The molecule has 1 aromatic rings. The molecule has 5 heteroatoms. The first kappa shape index (κ1) is 19.7. The Labute approximate surface area is 162 Å². The lowest BCUT2D eigenvalue weighted by molar-refractivity contribution is -0.142. The summed E-state index contributed by atoms with van der Waals surface area (Å²) in [7, 11) is 1.66. The highest BCUT2D eigenvalue weighted by molar-refractivity contribution is 5.81. The maximum Gasteiger partial charge on any atom is 0.227 e. The van der Waals surface area contributed by atoms with Crippen LogP contribution < -0.4 is 4.74 Å². The summed E-state index contributed by atoms with van der Waals surface area (Å²) >= 11 is 0. The Morgan fingerprint density at radius 1 is 1.11 bits per heavy atom. The van der Waals surface area contributed by atoms with E-state index in [0.717, 1.165) is 43.8 Å². The highest BCUT2D eigenvalue weighted by Crippen LogP contribution is 2.34. The Kier molecular flexibility index (Phi) is 5.78. The van der Waals surface area contributed by atoms with Crippen LogP contribution >= 0.6 is 0 Å². The van der Waals surface area contributed by atoms with Gasteiger partial charge >= 0.3 is 0 Å². The molecule has 0 bridgehead atoms. The molecule has 2 saturated heterocycles. The highest BCUT2D eigenvalue weighted by Gasteiger charge is 2.38. The van der Waals surface area contributed by atoms with Crippen molar-refractivity contribution < 1.29 is 14.3 Å². The summed E-state index contributed by atoms with van der Waals surface area (Å²) in [5.74, 6) is 2.13. The van der Waals surface area contributed by atoms with E-state index >= 15 is 0 Å². The number of fused-ring (bicyclic) bond motifs is 1. The van der Waals surface area contributed by atoms with Gasteiger partial charge in [0.05, 0.1) is 7.11 Å². The lowest BCUT2D eigenvalue weighted by Crippen LogP contribution is -2.47. The van der Waals surface area contributed by atoms with Crippen molar-refractivity contribution in [2.24, 2.45) is 17.3 Å². The molecule has 2 aliphatic rings. The number of carbonyl (C=O) groups excluding carboxylic acids is 2. The van der Waals surface area contributed by atoms with Crippen molar-refractivity contribution in [3.63, 3.8) is 0 Å². The number of rotatable bonds is 3. The summed E-state index contributed by atoms with van der Waals surface area (Å²) in [6, 6.07) is 7.92. The fraction of sp³-hybridized carbons (Fsp3) is 0.636. The molecule has 2 aliphatic heterocycles. The van der Waals surface area contributed by atoms with Crippen LogP contribution in [0.4, 0.5) is 0 Å². The van der Waals surface area contributed by atoms with E-state index in [2.05, 4.69) is 0 Å². The lowest BCUT2D eigenvalue weighted by Gasteiger charge is -2.40. The van der Waals surface area contributed by atoms with Crippen LogP contribution in [0, 0.1) is 17.3 Å². The second-order valence-electron chi connectivity index (χ2n) is 8.97. The van der Waals surface area contributed by atoms with E-state index in [4.69, 9.17) is 4.74 Å². The number of piperidine rings is 1. The van der Waals surface area contributed by atoms with E-state index in [-0.39, 0.29) is 17.2 Å². The molecule has 0 spiro atoms. The van der Waals surface area contributed by atoms with E-state index in [9.17, 15) is 9.59 Å². The molecule has 27 heavy (non-hydrogen) atoms. The Morgan fingerprint density at radius 2 is 1.78 bits per heavy atom. The van der Waals surface area contributed by atoms with Crippen molar-refractivity contribution in [3.05, 3.63) is 29.8 Å². The quantitative estimate of drug-likeness (QED) is 0.818. The molecule has 2 atom stereocenters. The van der Waals surface area contributed by atoms with Crippen LogP contribution in [0.25, 0.3) is 0 Å². The molecule has 2 amide bonds. The summed E-state index contributed by atoms with van der Waals surface area (Å²) in [6.45, 7) is 8.93. The van der Waals surface area contributed by atoms with E-state index in [0.29, 0.717) is 24.8 Å². The van der Waals surface area contributed by atoms with Crippen molar-refractivity contribution in [2.75, 3.05) is 26.7 Å². The zero-order valence-electron chi connectivity index (χ0n) is 17.0. The molecule has 2 heterocycles. The van der Waals surface area contributed by atoms with Gasteiger partial charge in [-0.15, -0.1) is 0 Å². The second-order valence-corrected chi connectivity index (χ2v) is 8.97. The number of likely N-dealkylation sites (tertiary alicyclic amines) is 2. The molecule has 0 aromatic heterocycles. The smallest absolute Gasteiger partial charge is 0.227 e. The standard InChI is InChI=1S/C22H32N2O3/c1-22(2,3)21(26)24-12-9-17-13-20(25)23(11-10-18(17)15-24)14-16-5-7-19(27-4)8-6-16/h5-8,17-18H,9-15H2,1-4H3. The number of hydrogen-bond acceptors (Lipinski definition) is 3. The Morgan fingerprint density at radius 3 is 2.41 bits per heavy atom. The van der Waals surface area contributed by atoms with Gasteiger partial charge in [-0.1, -0.05) is 32.9 Å². The normalized spacial score (nSPS) is 23.6. The molecule has 0 radical (unpaired) electrons. The zero-order valence-corrected chi connectivity index (χ0v) is 17.0. The SMILES string of the molecule is COc1ccc(CN2CCC3CN(C(=O)C(C)(C)C)CCC3CC2=O)cc1. The molecule has 0 aliphatic carbocycles. The van der Waals surface area contributed by atoms with Gasteiger partial charge in [-0.05, 0) is 42.4 Å². The molecule has 5 nitrogen and oxygen atoms in total. The summed E-state index contributed by atoms with van der Waals surface area (Å²) in [6.07, 6.45) is 2.52. The third kappa shape index (κ3) is 4.63. The fourth-order valence-corrected chi connectivity index (χ4v) is 4.25. The minimum Gasteiger partial charge on any atom is -0.497 e. The van der Waals surface area contributed by atoms with Gasteiger partial charge in [0.1, 0.15) is 5.75 Å². The number of benzene rings is 1. The van der Waals surface area contributed by atoms with Gasteiger partial charge in [0.2, 0.25) is 11.8 Å². The van der Waals surface area contributed by atoms with E-state index in [1.807, 2.05) is 54.8 Å². The second kappa shape index (κ2) is 7.91. The van der Waals surface area contributed by atoms with Crippen LogP contribution in [0.3, 0.4) is 0 Å². The average Bonchev–Trinajstić information content (AvgIpc) is 2.79. The van der Waals surface area contributed by atoms with Gasteiger partial charge in [0.15, 0.2) is 0 Å². The predicted octanol–water partition coefficient (Wildman–Crippen LogP) is 3.33. The molecular formula is C22H32N2O3. The van der Waals surface area contributed by atoms with Crippen molar-refractivity contribution >= 4 is 11.8 Å². The summed E-state index contributed by atoms with van der Waals surface area (Å²) in [5.41, 5.74) is 0.784. The Balaban J connectivity index is 1.63. The van der Waals surface area contributed by atoms with Crippen LogP contribution in [0.1, 0.15) is 45.6 Å². The first-order valence-electron chi connectivity index (χ1n) is 9.98. The summed E-state index contributed by atoms with van der Waals surface area (Å²) in [4.78, 5) is 29.4. The third-order valence-electron chi connectivity index (χ3n) is 5.91. The largest absolute Gasteiger partial charge is 0.497 e. The van der Waals surface area contributed by atoms with Gasteiger partial charge in [-0.25, -0.2) is 0 Å². The number of amides is 2. The number of nitrogens with zero attached hydrogens (tertiary/aromatic N) is 2. The third-order valence-corrected chi connectivity index (χ3v) is 5.91. The molecule has 2 unspecified atom stereocenters. The number of methoxy groups -OCH3 is 1. The minimum absolute atomic E-state index is 0.228. The molecule has 1 aromatic carbocycles. The van der Waals surface area contributed by atoms with Crippen LogP contribution in [-0.4, -0.2) is 48.4 Å². The van der Waals surface area contributed by atoms with Gasteiger partial charge in [0, 0.05) is 38.0 Å². The molecule has 3 rings (SSSR count). The monoisotopic (exact) mass is 372 g/mol. The van der Waals surface area contributed by atoms with Crippen LogP contribution in [-0.2, 0) is 16.1 Å². The van der Waals surface area contributed by atoms with E-state index < -0.39 is 0 Å². The first-order valence-corrected chi connectivity index (χ1v) is 9.98. The van der Waals surface area contributed by atoms with Crippen LogP contribution in [0.15, 0.2) is 24.3 Å². The minimum atomic E-state index is -0.339. The van der Waals surface area contributed by atoms with Crippen LogP contribution in [0.2, 0.25) is 0 Å². The predicted molar refractivity (Wildman–Crippen MR) is 105 cm³/mol. The number of ether oxygens (including phenoxy) is 1. The van der Waals surface area contributed by atoms with Crippen molar-refractivity contribution in [1.82, 2.24) is 9.80 Å². The highest BCUT2D eigenvalue weighted by atomic mass is 16.5. The van der Waals surface area contributed by atoms with Gasteiger partial charge in [-0.2, -0.15) is 0 Å². The molecule has 0 saturated carbocycles. The van der Waals surface area contributed by atoms with E-state index in [1.165, 1.54) is 0 Å². The fourth-order valence-electron chi connectivity index (χ4n) is 4.25.